The molecule has 0 bridgehead atoms. The lowest BCUT2D eigenvalue weighted by Gasteiger charge is -2.37. The summed E-state index contributed by atoms with van der Waals surface area (Å²) in [6.07, 6.45) is 2.90. The average Bonchev–Trinajstić information content (AvgIpc) is 2.26. The fourth-order valence-corrected chi connectivity index (χ4v) is 2.23. The van der Waals surface area contributed by atoms with Crippen LogP contribution in [0.2, 0.25) is 0 Å². The molecule has 1 amide bonds. The Kier molecular flexibility index (Phi) is 3.53. The standard InChI is InChI=1S/C13H17N3O3/c1-9-3-4-11(16(18)19)10(7-9)15-12(17)8-13(14)5-2-6-13/h3-4,7H,2,5-6,8,14H2,1H3,(H,15,17). The van der Waals surface area contributed by atoms with Crippen molar-refractivity contribution >= 4 is 17.3 Å². The molecule has 0 aromatic heterocycles. The van der Waals surface area contributed by atoms with Crippen LogP contribution in [0.3, 0.4) is 0 Å². The molecule has 3 N–H and O–H groups in total. The first-order valence-electron chi connectivity index (χ1n) is 6.23. The van der Waals surface area contributed by atoms with Crippen LogP contribution in [0.5, 0.6) is 0 Å². The minimum atomic E-state index is -0.503. The summed E-state index contributed by atoms with van der Waals surface area (Å²) in [6, 6.07) is 4.64. The normalized spacial score (nSPS) is 16.5. The number of aryl methyl sites for hydroxylation is 1. The van der Waals surface area contributed by atoms with E-state index in [1.807, 2.05) is 6.92 Å². The molecule has 0 saturated heterocycles. The van der Waals surface area contributed by atoms with Crippen LogP contribution < -0.4 is 11.1 Å². The molecule has 1 saturated carbocycles. The van der Waals surface area contributed by atoms with E-state index in [9.17, 15) is 14.9 Å². The van der Waals surface area contributed by atoms with Gasteiger partial charge < -0.3 is 11.1 Å². The van der Waals surface area contributed by atoms with Gasteiger partial charge in [0.25, 0.3) is 5.69 Å². The minimum absolute atomic E-state index is 0.0985. The number of nitrogens with zero attached hydrogens (tertiary/aromatic N) is 1. The van der Waals surface area contributed by atoms with Crippen LogP contribution >= 0.6 is 0 Å². The number of anilines is 1. The maximum absolute atomic E-state index is 11.9. The molecule has 1 fully saturated rings. The number of nitro groups is 1. The monoisotopic (exact) mass is 263 g/mol. The topological polar surface area (TPSA) is 98.3 Å². The van der Waals surface area contributed by atoms with Gasteiger partial charge in [0, 0.05) is 18.0 Å². The maximum Gasteiger partial charge on any atom is 0.292 e. The third-order valence-electron chi connectivity index (χ3n) is 3.48. The molecule has 1 aromatic rings. The molecule has 6 nitrogen and oxygen atoms in total. The summed E-state index contributed by atoms with van der Waals surface area (Å²) < 4.78 is 0. The lowest BCUT2D eigenvalue weighted by atomic mass is 9.75. The molecular formula is C13H17N3O3. The molecule has 1 aliphatic rings. The third-order valence-corrected chi connectivity index (χ3v) is 3.48. The highest BCUT2D eigenvalue weighted by Crippen LogP contribution is 2.33. The molecule has 2 rings (SSSR count). The number of benzene rings is 1. The molecule has 0 aliphatic heterocycles. The van der Waals surface area contributed by atoms with E-state index in [1.165, 1.54) is 6.07 Å². The van der Waals surface area contributed by atoms with Gasteiger partial charge in [-0.05, 0) is 37.8 Å². The van der Waals surface area contributed by atoms with Gasteiger partial charge in [-0.25, -0.2) is 0 Å². The van der Waals surface area contributed by atoms with Gasteiger partial charge in [-0.3, -0.25) is 14.9 Å². The molecule has 19 heavy (non-hydrogen) atoms. The van der Waals surface area contributed by atoms with Crippen molar-refractivity contribution in [2.24, 2.45) is 5.73 Å². The second-order valence-corrected chi connectivity index (χ2v) is 5.22. The zero-order valence-corrected chi connectivity index (χ0v) is 10.8. The van der Waals surface area contributed by atoms with Crippen LogP contribution in [0, 0.1) is 17.0 Å². The summed E-state index contributed by atoms with van der Waals surface area (Å²) in [5, 5.41) is 13.5. The summed E-state index contributed by atoms with van der Waals surface area (Å²) in [5.74, 6) is -0.268. The largest absolute Gasteiger partial charge is 0.325 e. The first-order valence-corrected chi connectivity index (χ1v) is 6.23. The van der Waals surface area contributed by atoms with Crippen molar-refractivity contribution in [1.29, 1.82) is 0 Å². The fraction of sp³-hybridized carbons (Fsp3) is 0.462. The first kappa shape index (κ1) is 13.5. The van der Waals surface area contributed by atoms with Crippen LogP contribution in [0.25, 0.3) is 0 Å². The summed E-state index contributed by atoms with van der Waals surface area (Å²) in [4.78, 5) is 22.3. The van der Waals surface area contributed by atoms with E-state index in [0.717, 1.165) is 24.8 Å². The lowest BCUT2D eigenvalue weighted by molar-refractivity contribution is -0.383. The summed E-state index contributed by atoms with van der Waals surface area (Å²) in [7, 11) is 0. The highest BCUT2D eigenvalue weighted by Gasteiger charge is 2.35. The molecule has 6 heteroatoms. The van der Waals surface area contributed by atoms with Gasteiger partial charge in [0.05, 0.1) is 4.92 Å². The molecule has 1 aliphatic carbocycles. The lowest BCUT2D eigenvalue weighted by Crippen LogP contribution is -2.48. The predicted molar refractivity (Wildman–Crippen MR) is 71.8 cm³/mol. The zero-order chi connectivity index (χ0) is 14.0. The van der Waals surface area contributed by atoms with Crippen LogP contribution in [0.15, 0.2) is 18.2 Å². The van der Waals surface area contributed by atoms with E-state index in [1.54, 1.807) is 12.1 Å². The first-order chi connectivity index (χ1) is 8.89. The summed E-state index contributed by atoms with van der Waals surface area (Å²) in [6.45, 7) is 1.82. The fourth-order valence-electron chi connectivity index (χ4n) is 2.23. The highest BCUT2D eigenvalue weighted by molar-refractivity contribution is 5.94. The number of hydrogen-bond donors (Lipinski definition) is 2. The number of carbonyl (C=O) groups is 1. The number of carbonyl (C=O) groups excluding carboxylic acids is 1. The number of amides is 1. The number of nitrogens with one attached hydrogen (secondary N) is 1. The second kappa shape index (κ2) is 4.97. The highest BCUT2D eigenvalue weighted by atomic mass is 16.6. The Labute approximate surface area is 111 Å². The van der Waals surface area contributed by atoms with Gasteiger partial charge in [0.1, 0.15) is 5.69 Å². The molecular weight excluding hydrogens is 246 g/mol. The van der Waals surface area contributed by atoms with Crippen LogP contribution in [-0.2, 0) is 4.79 Å². The van der Waals surface area contributed by atoms with Crippen molar-refractivity contribution in [3.05, 3.63) is 33.9 Å². The Morgan fingerprint density at radius 2 is 2.21 bits per heavy atom. The van der Waals surface area contributed by atoms with E-state index in [4.69, 9.17) is 5.73 Å². The van der Waals surface area contributed by atoms with Crippen molar-refractivity contribution in [1.82, 2.24) is 0 Å². The summed E-state index contributed by atoms with van der Waals surface area (Å²) in [5.41, 5.74) is 6.55. The van der Waals surface area contributed by atoms with E-state index in [2.05, 4.69) is 5.32 Å². The number of rotatable bonds is 4. The van der Waals surface area contributed by atoms with Crippen molar-refractivity contribution in [2.45, 2.75) is 38.1 Å². The van der Waals surface area contributed by atoms with Crippen molar-refractivity contribution in [3.63, 3.8) is 0 Å². The molecule has 0 heterocycles. The van der Waals surface area contributed by atoms with Gasteiger partial charge in [-0.2, -0.15) is 0 Å². The third kappa shape index (κ3) is 3.08. The molecule has 102 valence electrons. The molecule has 0 radical (unpaired) electrons. The summed E-state index contributed by atoms with van der Waals surface area (Å²) >= 11 is 0. The van der Waals surface area contributed by atoms with Crippen LogP contribution in [0.4, 0.5) is 11.4 Å². The molecule has 1 aromatic carbocycles. The van der Waals surface area contributed by atoms with Crippen molar-refractivity contribution in [3.8, 4) is 0 Å². The maximum atomic E-state index is 11.9. The van der Waals surface area contributed by atoms with Gasteiger partial charge in [-0.15, -0.1) is 0 Å². The molecule has 0 atom stereocenters. The Morgan fingerprint density at radius 1 is 1.53 bits per heavy atom. The van der Waals surface area contributed by atoms with E-state index in [-0.39, 0.29) is 23.7 Å². The van der Waals surface area contributed by atoms with Crippen molar-refractivity contribution < 1.29 is 9.72 Å². The number of nitrogens with two attached hydrogens (primary N) is 1. The Morgan fingerprint density at radius 3 is 2.74 bits per heavy atom. The molecule has 0 unspecified atom stereocenters. The number of hydrogen-bond acceptors (Lipinski definition) is 4. The SMILES string of the molecule is Cc1ccc([N+](=O)[O-])c(NC(=O)CC2(N)CCC2)c1. The van der Waals surface area contributed by atoms with E-state index >= 15 is 0 Å². The minimum Gasteiger partial charge on any atom is -0.325 e. The van der Waals surface area contributed by atoms with Gasteiger partial charge in [0.2, 0.25) is 5.91 Å². The number of nitro benzene ring substituents is 1. The zero-order valence-electron chi connectivity index (χ0n) is 10.8. The van der Waals surface area contributed by atoms with E-state index in [0.29, 0.717) is 0 Å². The van der Waals surface area contributed by atoms with E-state index < -0.39 is 10.5 Å². The van der Waals surface area contributed by atoms with Crippen molar-refractivity contribution in [2.75, 3.05) is 5.32 Å². The van der Waals surface area contributed by atoms with Crippen LogP contribution in [0.1, 0.15) is 31.2 Å². The Bertz CT molecular complexity index is 524. The average molecular weight is 263 g/mol. The van der Waals surface area contributed by atoms with Gasteiger partial charge in [0.15, 0.2) is 0 Å². The van der Waals surface area contributed by atoms with Gasteiger partial charge >= 0.3 is 0 Å². The quantitative estimate of drug-likeness (QED) is 0.642. The predicted octanol–water partition coefficient (Wildman–Crippen LogP) is 2.11. The van der Waals surface area contributed by atoms with Gasteiger partial charge in [-0.1, -0.05) is 6.07 Å². The Hall–Kier alpha value is -1.95. The molecule has 0 spiro atoms. The second-order valence-electron chi connectivity index (χ2n) is 5.22. The smallest absolute Gasteiger partial charge is 0.292 e. The van der Waals surface area contributed by atoms with Crippen LogP contribution in [-0.4, -0.2) is 16.4 Å². The Balaban J connectivity index is 2.11.